The van der Waals surface area contributed by atoms with Crippen molar-refractivity contribution in [3.8, 4) is 0 Å². The van der Waals surface area contributed by atoms with E-state index in [1.165, 1.54) is 22.5 Å². The number of sulfonamides is 1. The number of hydrogen-bond donors (Lipinski definition) is 0. The molecule has 0 amide bonds. The Morgan fingerprint density at radius 1 is 1.16 bits per heavy atom. The number of nitrogens with zero attached hydrogens (tertiary/aromatic N) is 2. The smallest absolute Gasteiger partial charge is 0.323 e. The molecule has 1 atom stereocenters. The van der Waals surface area contributed by atoms with Crippen LogP contribution in [0.2, 0.25) is 10.0 Å². The molecule has 0 spiro atoms. The summed E-state index contributed by atoms with van der Waals surface area (Å²) in [5.41, 5.74) is 0. The van der Waals surface area contributed by atoms with Gasteiger partial charge in [0.1, 0.15) is 6.04 Å². The number of rotatable bonds is 6. The average Bonchev–Trinajstić information content (AvgIpc) is 2.58. The van der Waals surface area contributed by atoms with Crippen molar-refractivity contribution in [1.82, 2.24) is 9.21 Å². The highest BCUT2D eigenvalue weighted by Crippen LogP contribution is 2.27. The lowest BCUT2D eigenvalue weighted by atomic mass is 10.1. The Labute approximate surface area is 158 Å². The van der Waals surface area contributed by atoms with Crippen LogP contribution in [0.5, 0.6) is 0 Å². The number of ether oxygens (including phenoxy) is 1. The van der Waals surface area contributed by atoms with E-state index in [2.05, 4.69) is 0 Å². The molecule has 0 radical (unpaired) electrons. The van der Waals surface area contributed by atoms with Crippen LogP contribution in [0.1, 0.15) is 20.3 Å². The van der Waals surface area contributed by atoms with Crippen LogP contribution in [0.4, 0.5) is 0 Å². The third-order valence-electron chi connectivity index (χ3n) is 4.19. The second-order valence-corrected chi connectivity index (χ2v) is 8.44. The lowest BCUT2D eigenvalue weighted by Gasteiger charge is -2.37. The first-order valence-corrected chi connectivity index (χ1v) is 10.4. The average molecular weight is 409 g/mol. The van der Waals surface area contributed by atoms with E-state index >= 15 is 0 Å². The van der Waals surface area contributed by atoms with Crippen molar-refractivity contribution in [1.29, 1.82) is 0 Å². The van der Waals surface area contributed by atoms with Gasteiger partial charge in [0.25, 0.3) is 0 Å². The highest BCUT2D eigenvalue weighted by Gasteiger charge is 2.33. The molecule has 1 fully saturated rings. The minimum atomic E-state index is -3.64. The maximum absolute atomic E-state index is 12.7. The molecular weight excluding hydrogens is 387 g/mol. The summed E-state index contributed by atoms with van der Waals surface area (Å²) in [4.78, 5) is 14.1. The quantitative estimate of drug-likeness (QED) is 0.676. The van der Waals surface area contributed by atoms with Crippen molar-refractivity contribution in [3.63, 3.8) is 0 Å². The van der Waals surface area contributed by atoms with Crippen LogP contribution in [0.3, 0.4) is 0 Å². The van der Waals surface area contributed by atoms with Crippen LogP contribution in [-0.2, 0) is 19.6 Å². The molecule has 2 rings (SSSR count). The molecule has 1 aliphatic rings. The molecule has 1 heterocycles. The number of esters is 1. The Bertz CT molecular complexity index is 719. The molecule has 6 nitrogen and oxygen atoms in total. The molecule has 1 aromatic carbocycles. The summed E-state index contributed by atoms with van der Waals surface area (Å²) >= 11 is 11.8. The zero-order chi connectivity index (χ0) is 18.6. The maximum Gasteiger partial charge on any atom is 0.323 e. The Morgan fingerprint density at radius 3 is 2.32 bits per heavy atom. The molecule has 0 aliphatic carbocycles. The van der Waals surface area contributed by atoms with Crippen LogP contribution in [-0.4, -0.2) is 62.4 Å². The van der Waals surface area contributed by atoms with Crippen molar-refractivity contribution in [2.75, 3.05) is 32.8 Å². The number of benzene rings is 1. The van der Waals surface area contributed by atoms with E-state index in [9.17, 15) is 13.2 Å². The third-order valence-corrected chi connectivity index (χ3v) is 6.82. The lowest BCUT2D eigenvalue weighted by Crippen LogP contribution is -2.54. The summed E-state index contributed by atoms with van der Waals surface area (Å²) in [7, 11) is -3.64. The molecule has 0 N–H and O–H groups in total. The molecule has 1 aliphatic heterocycles. The van der Waals surface area contributed by atoms with Crippen molar-refractivity contribution in [3.05, 3.63) is 28.2 Å². The number of piperazine rings is 1. The first kappa shape index (κ1) is 20.5. The van der Waals surface area contributed by atoms with Crippen LogP contribution in [0.15, 0.2) is 23.1 Å². The monoisotopic (exact) mass is 408 g/mol. The van der Waals surface area contributed by atoms with Gasteiger partial charge in [0, 0.05) is 26.2 Å². The minimum Gasteiger partial charge on any atom is -0.465 e. The van der Waals surface area contributed by atoms with Gasteiger partial charge >= 0.3 is 5.97 Å². The molecule has 1 saturated heterocycles. The lowest BCUT2D eigenvalue weighted by molar-refractivity contribution is -0.150. The van der Waals surface area contributed by atoms with E-state index in [1.807, 2.05) is 11.8 Å². The molecular formula is C16H22Cl2N2O4S. The predicted octanol–water partition coefficient (Wildman–Crippen LogP) is 2.64. The Morgan fingerprint density at radius 2 is 1.80 bits per heavy atom. The van der Waals surface area contributed by atoms with Gasteiger partial charge in [-0.2, -0.15) is 4.31 Å². The Balaban J connectivity index is 2.07. The van der Waals surface area contributed by atoms with Crippen LogP contribution >= 0.6 is 23.2 Å². The van der Waals surface area contributed by atoms with Crippen molar-refractivity contribution >= 4 is 39.2 Å². The number of hydrogen-bond acceptors (Lipinski definition) is 5. The second kappa shape index (κ2) is 8.68. The van der Waals surface area contributed by atoms with Crippen molar-refractivity contribution < 1.29 is 17.9 Å². The maximum atomic E-state index is 12.7. The number of carbonyl (C=O) groups excluding carboxylic acids is 1. The molecule has 0 saturated carbocycles. The third kappa shape index (κ3) is 4.65. The van der Waals surface area contributed by atoms with E-state index in [0.717, 1.165) is 0 Å². The largest absolute Gasteiger partial charge is 0.465 e. The van der Waals surface area contributed by atoms with Crippen LogP contribution < -0.4 is 0 Å². The summed E-state index contributed by atoms with van der Waals surface area (Å²) in [6, 6.07) is 3.94. The van der Waals surface area contributed by atoms with E-state index in [4.69, 9.17) is 27.9 Å². The van der Waals surface area contributed by atoms with Crippen LogP contribution in [0, 0.1) is 0 Å². The summed E-state index contributed by atoms with van der Waals surface area (Å²) < 4.78 is 32.0. The van der Waals surface area contributed by atoms with Crippen molar-refractivity contribution in [2.45, 2.75) is 31.2 Å². The topological polar surface area (TPSA) is 66.9 Å². The normalized spacial score (nSPS) is 18.1. The molecule has 1 aromatic rings. The molecule has 140 valence electrons. The number of carbonyl (C=O) groups is 1. The predicted molar refractivity (Wildman–Crippen MR) is 97.5 cm³/mol. The first-order valence-electron chi connectivity index (χ1n) is 8.17. The van der Waals surface area contributed by atoms with Crippen molar-refractivity contribution in [2.24, 2.45) is 0 Å². The SMILES string of the molecule is CCOC(=O)C(CC)N1CCN(S(=O)(=O)c2ccc(Cl)c(Cl)c2)CC1. The summed E-state index contributed by atoms with van der Waals surface area (Å²) in [6.07, 6.45) is 0.623. The molecule has 25 heavy (non-hydrogen) atoms. The summed E-state index contributed by atoms with van der Waals surface area (Å²) in [5, 5.41) is 0.514. The van der Waals surface area contributed by atoms with Gasteiger partial charge in [-0.1, -0.05) is 30.1 Å². The fourth-order valence-electron chi connectivity index (χ4n) is 2.85. The molecule has 1 unspecified atom stereocenters. The van der Waals surface area contributed by atoms with Gasteiger partial charge in [0.15, 0.2) is 0 Å². The highest BCUT2D eigenvalue weighted by molar-refractivity contribution is 7.89. The van der Waals surface area contributed by atoms with E-state index < -0.39 is 10.0 Å². The Kier molecular flexibility index (Phi) is 7.10. The van der Waals surface area contributed by atoms with Crippen LogP contribution in [0.25, 0.3) is 0 Å². The van der Waals surface area contributed by atoms with E-state index in [-0.39, 0.29) is 21.9 Å². The van der Waals surface area contributed by atoms with E-state index in [0.29, 0.717) is 44.2 Å². The standard InChI is InChI=1S/C16H22Cl2N2O4S/c1-3-15(16(21)24-4-2)19-7-9-20(10-8-19)25(22,23)12-5-6-13(17)14(18)11-12/h5-6,11,15H,3-4,7-10H2,1-2H3. The summed E-state index contributed by atoms with van der Waals surface area (Å²) in [6.45, 7) is 5.57. The second-order valence-electron chi connectivity index (χ2n) is 5.69. The van der Waals surface area contributed by atoms with Gasteiger partial charge in [0.05, 0.1) is 21.5 Å². The van der Waals surface area contributed by atoms with Gasteiger partial charge in [-0.05, 0) is 31.5 Å². The highest BCUT2D eigenvalue weighted by atomic mass is 35.5. The zero-order valence-electron chi connectivity index (χ0n) is 14.2. The zero-order valence-corrected chi connectivity index (χ0v) is 16.6. The van der Waals surface area contributed by atoms with Gasteiger partial charge in [0.2, 0.25) is 10.0 Å². The number of halogens is 2. The summed E-state index contributed by atoms with van der Waals surface area (Å²) in [5.74, 6) is -0.259. The Hall–Kier alpha value is -0.860. The van der Waals surface area contributed by atoms with E-state index in [1.54, 1.807) is 6.92 Å². The molecule has 0 aromatic heterocycles. The molecule has 0 bridgehead atoms. The van der Waals surface area contributed by atoms with Gasteiger partial charge in [-0.15, -0.1) is 0 Å². The van der Waals surface area contributed by atoms with Gasteiger partial charge in [-0.25, -0.2) is 8.42 Å². The molecule has 9 heteroatoms. The first-order chi connectivity index (χ1) is 11.8. The minimum absolute atomic E-state index is 0.118. The van der Waals surface area contributed by atoms with Gasteiger partial charge in [-0.3, -0.25) is 9.69 Å². The van der Waals surface area contributed by atoms with Gasteiger partial charge < -0.3 is 4.74 Å². The fraction of sp³-hybridized carbons (Fsp3) is 0.562. The fourth-order valence-corrected chi connectivity index (χ4v) is 4.67.